The molecule has 0 aliphatic carbocycles. The molecule has 0 amide bonds. The van der Waals surface area contributed by atoms with E-state index in [9.17, 15) is 0 Å². The molecule has 0 aliphatic heterocycles. The fourth-order valence-electron chi connectivity index (χ4n) is 5.38. The number of unbranched alkanes of at least 4 members (excludes halogenated alkanes) is 24. The van der Waals surface area contributed by atoms with Crippen molar-refractivity contribution < 1.29 is 9.47 Å². The van der Waals surface area contributed by atoms with E-state index in [2.05, 4.69) is 38.2 Å². The van der Waals surface area contributed by atoms with Crippen LogP contribution in [0.5, 0.6) is 0 Å². The molecule has 0 fully saturated rings. The van der Waals surface area contributed by atoms with E-state index in [4.69, 9.17) is 21.1 Å². The van der Waals surface area contributed by atoms with Crippen LogP contribution in [-0.2, 0) is 9.47 Å². The zero-order valence-electron chi connectivity index (χ0n) is 32.3. The lowest BCUT2D eigenvalue weighted by atomic mass is 10.1. The summed E-state index contributed by atoms with van der Waals surface area (Å²) in [6.07, 6.45) is 46.8. The van der Waals surface area contributed by atoms with Crippen molar-refractivity contribution in [3.8, 4) is 0 Å². The third kappa shape index (κ3) is 45.8. The lowest BCUT2D eigenvalue weighted by molar-refractivity contribution is -0.0293. The van der Waals surface area contributed by atoms with Gasteiger partial charge in [0.25, 0.3) is 0 Å². The predicted molar refractivity (Wildman–Crippen MR) is 210 cm³/mol. The number of rotatable bonds is 35. The maximum absolute atomic E-state index is 6.42. The molecule has 46 heavy (non-hydrogen) atoms. The van der Waals surface area contributed by atoms with Crippen molar-refractivity contribution in [1.29, 1.82) is 0 Å². The van der Waals surface area contributed by atoms with Gasteiger partial charge in [0.15, 0.2) is 5.56 Å². The highest BCUT2D eigenvalue weighted by Crippen LogP contribution is 2.14. The smallest absolute Gasteiger partial charge is 0.156 e. The SMILES string of the molecule is CCCCCCCC/C=C\CCCCCCCCOC(C)C(Cl)OCCCCCCCC/C=C\CCCCCCCC.CN(C)C. The van der Waals surface area contributed by atoms with E-state index in [0.29, 0.717) is 0 Å². The highest BCUT2D eigenvalue weighted by molar-refractivity contribution is 6.20. The highest BCUT2D eigenvalue weighted by atomic mass is 35.5. The molecular weight excluding hydrogens is 586 g/mol. The fourth-order valence-corrected chi connectivity index (χ4v) is 5.54. The molecule has 0 aromatic carbocycles. The Labute approximate surface area is 296 Å². The summed E-state index contributed by atoms with van der Waals surface area (Å²) >= 11 is 6.42. The van der Waals surface area contributed by atoms with Crippen LogP contribution in [0.3, 0.4) is 0 Å². The number of nitrogens with zero attached hydrogens (tertiary/aromatic N) is 1. The number of allylic oxidation sites excluding steroid dienone is 4. The van der Waals surface area contributed by atoms with E-state index in [-0.39, 0.29) is 11.7 Å². The standard InChI is InChI=1S/C39H75ClO2.C3H9N/c1-4-6-8-10-12-14-16-18-20-22-24-26-28-30-32-34-36-41-38(3)39(40)42-37-35-33-31-29-27-25-23-21-19-17-15-13-11-9-7-5-2;1-4(2)3/h18-21,38-39H,4-17,22-37H2,1-3H3;1-3H3/b20-18-,21-19-;. The number of alkyl halides is 1. The molecular formula is C42H84ClNO2. The van der Waals surface area contributed by atoms with Crippen LogP contribution < -0.4 is 0 Å². The normalized spacial score (nSPS) is 13.1. The molecule has 0 aromatic heterocycles. The second-order valence-corrected chi connectivity index (χ2v) is 14.4. The van der Waals surface area contributed by atoms with Crippen LogP contribution in [0.1, 0.15) is 201 Å². The van der Waals surface area contributed by atoms with Crippen LogP contribution in [0.15, 0.2) is 24.3 Å². The van der Waals surface area contributed by atoms with Gasteiger partial charge in [-0.2, -0.15) is 0 Å². The molecule has 0 bridgehead atoms. The van der Waals surface area contributed by atoms with Gasteiger partial charge < -0.3 is 14.4 Å². The van der Waals surface area contributed by atoms with Crippen LogP contribution in [0, 0.1) is 0 Å². The maximum atomic E-state index is 6.42. The lowest BCUT2D eigenvalue weighted by Gasteiger charge is -2.19. The molecule has 4 heteroatoms. The van der Waals surface area contributed by atoms with Crippen molar-refractivity contribution in [3.63, 3.8) is 0 Å². The first-order chi connectivity index (χ1) is 22.5. The van der Waals surface area contributed by atoms with Crippen molar-refractivity contribution in [2.45, 2.75) is 212 Å². The zero-order chi connectivity index (χ0) is 34.2. The third-order valence-electron chi connectivity index (χ3n) is 8.34. The summed E-state index contributed by atoms with van der Waals surface area (Å²) in [5, 5.41) is 0. The Morgan fingerprint density at radius 3 is 1.02 bits per heavy atom. The van der Waals surface area contributed by atoms with Gasteiger partial charge in [0.2, 0.25) is 0 Å². The van der Waals surface area contributed by atoms with Crippen LogP contribution in [-0.4, -0.2) is 50.9 Å². The summed E-state index contributed by atoms with van der Waals surface area (Å²) in [4.78, 5) is 2.00. The molecule has 0 radical (unpaired) electrons. The summed E-state index contributed by atoms with van der Waals surface area (Å²) in [6.45, 7) is 8.15. The Morgan fingerprint density at radius 2 is 0.696 bits per heavy atom. The molecule has 0 rings (SSSR count). The van der Waals surface area contributed by atoms with Crippen molar-refractivity contribution in [2.24, 2.45) is 0 Å². The van der Waals surface area contributed by atoms with Crippen molar-refractivity contribution in [3.05, 3.63) is 24.3 Å². The molecule has 0 saturated carbocycles. The average Bonchev–Trinajstić information content (AvgIpc) is 3.03. The Bertz CT molecular complexity index is 543. The minimum Gasteiger partial charge on any atom is -0.374 e. The van der Waals surface area contributed by atoms with Crippen molar-refractivity contribution in [1.82, 2.24) is 4.90 Å². The molecule has 0 aliphatic rings. The predicted octanol–water partition coefficient (Wildman–Crippen LogP) is 14.2. The van der Waals surface area contributed by atoms with E-state index < -0.39 is 0 Å². The highest BCUT2D eigenvalue weighted by Gasteiger charge is 2.14. The number of hydrogen-bond donors (Lipinski definition) is 0. The number of halogens is 1. The first-order valence-corrected chi connectivity index (χ1v) is 20.7. The average molecular weight is 671 g/mol. The molecule has 2 atom stereocenters. The minimum atomic E-state index is -0.331. The molecule has 276 valence electrons. The van der Waals surface area contributed by atoms with Gasteiger partial charge in [-0.15, -0.1) is 0 Å². The van der Waals surface area contributed by atoms with E-state index in [1.807, 2.05) is 33.0 Å². The third-order valence-corrected chi connectivity index (χ3v) is 8.82. The monoisotopic (exact) mass is 670 g/mol. The molecule has 2 unspecified atom stereocenters. The summed E-state index contributed by atoms with van der Waals surface area (Å²) in [5.41, 5.74) is -0.331. The van der Waals surface area contributed by atoms with E-state index >= 15 is 0 Å². The first kappa shape index (κ1) is 47.8. The largest absolute Gasteiger partial charge is 0.374 e. The van der Waals surface area contributed by atoms with Crippen LogP contribution in [0.25, 0.3) is 0 Å². The number of ether oxygens (including phenoxy) is 2. The maximum Gasteiger partial charge on any atom is 0.156 e. The van der Waals surface area contributed by atoms with Crippen LogP contribution in [0.2, 0.25) is 0 Å². The molecule has 0 spiro atoms. The van der Waals surface area contributed by atoms with E-state index in [1.165, 1.54) is 167 Å². The van der Waals surface area contributed by atoms with Crippen LogP contribution in [0.4, 0.5) is 0 Å². The Hall–Kier alpha value is -0.350. The van der Waals surface area contributed by atoms with Gasteiger partial charge >= 0.3 is 0 Å². The van der Waals surface area contributed by atoms with E-state index in [1.54, 1.807) is 0 Å². The van der Waals surface area contributed by atoms with Crippen molar-refractivity contribution >= 4 is 11.6 Å². The lowest BCUT2D eigenvalue weighted by Crippen LogP contribution is -2.25. The quantitative estimate of drug-likeness (QED) is 0.0381. The second-order valence-electron chi connectivity index (χ2n) is 14.0. The van der Waals surface area contributed by atoms with Gasteiger partial charge in [0.05, 0.1) is 6.10 Å². The van der Waals surface area contributed by atoms with Gasteiger partial charge in [0, 0.05) is 13.2 Å². The summed E-state index contributed by atoms with van der Waals surface area (Å²) in [6, 6.07) is 0. The van der Waals surface area contributed by atoms with Gasteiger partial charge in [-0.05, 0) is 92.3 Å². The second kappa shape index (κ2) is 42.7. The summed E-state index contributed by atoms with van der Waals surface area (Å²) < 4.78 is 11.8. The fraction of sp³-hybridized carbons (Fsp3) is 0.905. The topological polar surface area (TPSA) is 21.7 Å². The van der Waals surface area contributed by atoms with Gasteiger partial charge in [-0.3, -0.25) is 0 Å². The van der Waals surface area contributed by atoms with Crippen molar-refractivity contribution in [2.75, 3.05) is 34.4 Å². The van der Waals surface area contributed by atoms with E-state index in [0.717, 1.165) is 26.1 Å². The molecule has 0 saturated heterocycles. The summed E-state index contributed by atoms with van der Waals surface area (Å²) in [7, 11) is 6.00. The molecule has 0 N–H and O–H groups in total. The number of hydrogen-bond acceptors (Lipinski definition) is 3. The van der Waals surface area contributed by atoms with Gasteiger partial charge in [-0.25, -0.2) is 0 Å². The molecule has 0 aromatic rings. The molecule has 0 heterocycles. The Balaban J connectivity index is 0. The zero-order valence-corrected chi connectivity index (χ0v) is 33.1. The van der Waals surface area contributed by atoms with Gasteiger partial charge in [0.1, 0.15) is 0 Å². The van der Waals surface area contributed by atoms with Crippen LogP contribution >= 0.6 is 11.6 Å². The van der Waals surface area contributed by atoms with Gasteiger partial charge in [-0.1, -0.05) is 165 Å². The molecule has 3 nitrogen and oxygen atoms in total. The Kier molecular flexibility index (Phi) is 44.3. The Morgan fingerprint density at radius 1 is 0.435 bits per heavy atom. The minimum absolute atomic E-state index is 0.0380. The first-order valence-electron chi connectivity index (χ1n) is 20.2. The summed E-state index contributed by atoms with van der Waals surface area (Å²) in [5.74, 6) is 0.